The Hall–Kier alpha value is -3.97. The molecule has 0 saturated carbocycles. The summed E-state index contributed by atoms with van der Waals surface area (Å²) in [4.78, 5) is 37.9. The van der Waals surface area contributed by atoms with Crippen molar-refractivity contribution in [3.8, 4) is 11.1 Å². The van der Waals surface area contributed by atoms with Crippen LogP contribution in [0.15, 0.2) is 78.9 Å². The minimum atomic E-state index is -1.30. The number of carbonyl (C=O) groups excluding carboxylic acids is 3. The summed E-state index contributed by atoms with van der Waals surface area (Å²) in [6.07, 6.45) is -0.203. The molecule has 1 aliphatic carbocycles. The van der Waals surface area contributed by atoms with Crippen molar-refractivity contribution >= 4 is 17.9 Å². The Labute approximate surface area is 204 Å². The number of methoxy groups -OCH3 is 3. The molecule has 180 valence electrons. The van der Waals surface area contributed by atoms with Crippen LogP contribution in [0.5, 0.6) is 0 Å². The zero-order valence-electron chi connectivity index (χ0n) is 19.8. The average Bonchev–Trinajstić information content (AvgIpc) is 3.20. The molecule has 0 aliphatic heterocycles. The van der Waals surface area contributed by atoms with Crippen LogP contribution >= 0.6 is 0 Å². The van der Waals surface area contributed by atoms with E-state index < -0.39 is 35.4 Å². The molecule has 0 fully saturated rings. The molecule has 0 bridgehead atoms. The van der Waals surface area contributed by atoms with Crippen molar-refractivity contribution in [2.24, 2.45) is 5.92 Å². The van der Waals surface area contributed by atoms with Gasteiger partial charge in [0.25, 0.3) is 0 Å². The first-order valence-corrected chi connectivity index (χ1v) is 11.2. The van der Waals surface area contributed by atoms with Crippen molar-refractivity contribution in [3.05, 3.63) is 95.6 Å². The van der Waals surface area contributed by atoms with Gasteiger partial charge in [0.1, 0.15) is 6.04 Å². The number of hydrogen-bond donors (Lipinski definition) is 1. The predicted octanol–water partition coefficient (Wildman–Crippen LogP) is 3.44. The molecule has 7 heteroatoms. The van der Waals surface area contributed by atoms with E-state index in [1.54, 1.807) is 0 Å². The third-order valence-electron chi connectivity index (χ3n) is 6.48. The first kappa shape index (κ1) is 24.2. The standard InChI is InChI=1S/C28H27NO6/c1-33-25(30)21(26(31)34-2)17-24(27(32)35-3)29-28(18-11-5-4-6-12-18)22-15-9-7-13-19(22)20-14-8-10-16-23(20)28/h4-16,21,24,29H,17H2,1-3H3. The van der Waals surface area contributed by atoms with Crippen molar-refractivity contribution in [2.45, 2.75) is 18.0 Å². The molecule has 0 aromatic heterocycles. The Balaban J connectivity index is 1.91. The van der Waals surface area contributed by atoms with Crippen LogP contribution in [0, 0.1) is 5.92 Å². The van der Waals surface area contributed by atoms with Gasteiger partial charge in [0.15, 0.2) is 5.92 Å². The first-order chi connectivity index (χ1) is 17.0. The Morgan fingerprint density at radius 1 is 0.686 bits per heavy atom. The van der Waals surface area contributed by atoms with Gasteiger partial charge in [0, 0.05) is 0 Å². The maximum atomic E-state index is 13.1. The number of hydrogen-bond acceptors (Lipinski definition) is 7. The van der Waals surface area contributed by atoms with Crippen molar-refractivity contribution in [1.29, 1.82) is 0 Å². The molecule has 1 unspecified atom stereocenters. The Morgan fingerprint density at radius 3 is 1.63 bits per heavy atom. The number of ether oxygens (including phenoxy) is 3. The zero-order chi connectivity index (χ0) is 25.0. The third kappa shape index (κ3) is 4.19. The smallest absolute Gasteiger partial charge is 0.322 e. The van der Waals surface area contributed by atoms with Crippen LogP contribution in [0.3, 0.4) is 0 Å². The van der Waals surface area contributed by atoms with Crippen molar-refractivity contribution in [3.63, 3.8) is 0 Å². The fourth-order valence-electron chi connectivity index (χ4n) is 4.90. The van der Waals surface area contributed by atoms with E-state index in [2.05, 4.69) is 5.32 Å². The summed E-state index contributed by atoms with van der Waals surface area (Å²) < 4.78 is 14.7. The van der Waals surface area contributed by atoms with E-state index in [-0.39, 0.29) is 6.42 Å². The Bertz CT molecular complexity index is 1180. The summed E-state index contributed by atoms with van der Waals surface area (Å²) in [5.74, 6) is -3.48. The second-order valence-corrected chi connectivity index (χ2v) is 8.26. The highest BCUT2D eigenvalue weighted by atomic mass is 16.5. The predicted molar refractivity (Wildman–Crippen MR) is 129 cm³/mol. The highest BCUT2D eigenvalue weighted by Crippen LogP contribution is 2.51. The fourth-order valence-corrected chi connectivity index (χ4v) is 4.90. The summed E-state index contributed by atoms with van der Waals surface area (Å²) in [6.45, 7) is 0. The van der Waals surface area contributed by atoms with E-state index >= 15 is 0 Å². The summed E-state index contributed by atoms with van der Waals surface area (Å²) in [6, 6.07) is 24.7. The molecule has 1 aliphatic rings. The minimum absolute atomic E-state index is 0.203. The van der Waals surface area contributed by atoms with E-state index in [1.165, 1.54) is 21.3 Å². The molecule has 1 atom stereocenters. The highest BCUT2D eigenvalue weighted by molar-refractivity contribution is 5.95. The lowest BCUT2D eigenvalue weighted by molar-refractivity contribution is -0.160. The Morgan fingerprint density at radius 2 is 1.14 bits per heavy atom. The van der Waals surface area contributed by atoms with Gasteiger partial charge in [-0.25, -0.2) is 0 Å². The first-order valence-electron chi connectivity index (χ1n) is 11.2. The van der Waals surface area contributed by atoms with Crippen molar-refractivity contribution in [2.75, 3.05) is 21.3 Å². The summed E-state index contributed by atoms with van der Waals surface area (Å²) in [5, 5.41) is 3.51. The molecule has 0 saturated heterocycles. The summed E-state index contributed by atoms with van der Waals surface area (Å²) in [5.41, 5.74) is 3.92. The quantitative estimate of drug-likeness (QED) is 0.304. The fraction of sp³-hybridized carbons (Fsp3) is 0.250. The lowest BCUT2D eigenvalue weighted by Gasteiger charge is -2.37. The van der Waals surface area contributed by atoms with Gasteiger partial charge in [0.2, 0.25) is 0 Å². The van der Waals surface area contributed by atoms with E-state index in [1.807, 2.05) is 78.9 Å². The van der Waals surface area contributed by atoms with Gasteiger partial charge in [-0.15, -0.1) is 0 Å². The number of carbonyl (C=O) groups is 3. The van der Waals surface area contributed by atoms with Crippen LogP contribution in [0.4, 0.5) is 0 Å². The monoisotopic (exact) mass is 473 g/mol. The second kappa shape index (κ2) is 10.1. The molecule has 3 aromatic carbocycles. The second-order valence-electron chi connectivity index (χ2n) is 8.26. The molecular weight excluding hydrogens is 446 g/mol. The summed E-state index contributed by atoms with van der Waals surface area (Å²) >= 11 is 0. The SMILES string of the molecule is COC(=O)C(CC(C(=O)OC)C(=O)OC)NC1(c2ccccc2)c2ccccc2-c2ccccc21. The molecule has 0 heterocycles. The van der Waals surface area contributed by atoms with Gasteiger partial charge < -0.3 is 14.2 Å². The molecule has 7 nitrogen and oxygen atoms in total. The normalized spacial score (nSPS) is 13.9. The van der Waals surface area contributed by atoms with E-state index in [4.69, 9.17) is 14.2 Å². The maximum Gasteiger partial charge on any atom is 0.322 e. The zero-order valence-corrected chi connectivity index (χ0v) is 19.8. The van der Waals surface area contributed by atoms with Crippen LogP contribution in [-0.4, -0.2) is 45.3 Å². The number of benzene rings is 3. The van der Waals surface area contributed by atoms with Crippen molar-refractivity contribution in [1.82, 2.24) is 5.32 Å². The summed E-state index contributed by atoms with van der Waals surface area (Å²) in [7, 11) is 3.65. The molecule has 4 rings (SSSR count). The minimum Gasteiger partial charge on any atom is -0.468 e. The molecule has 35 heavy (non-hydrogen) atoms. The number of rotatable bonds is 8. The van der Waals surface area contributed by atoms with Crippen molar-refractivity contribution < 1.29 is 28.6 Å². The lowest BCUT2D eigenvalue weighted by Crippen LogP contribution is -2.53. The highest BCUT2D eigenvalue weighted by Gasteiger charge is 2.48. The van der Waals surface area contributed by atoms with Crippen LogP contribution in [0.2, 0.25) is 0 Å². The Kier molecular flexibility index (Phi) is 6.98. The molecule has 0 spiro atoms. The molecule has 1 N–H and O–H groups in total. The topological polar surface area (TPSA) is 90.9 Å². The number of fused-ring (bicyclic) bond motifs is 3. The van der Waals surface area contributed by atoms with Crippen LogP contribution in [-0.2, 0) is 34.1 Å². The lowest BCUT2D eigenvalue weighted by atomic mass is 9.79. The van der Waals surface area contributed by atoms with Gasteiger partial charge >= 0.3 is 17.9 Å². The molecule has 0 radical (unpaired) electrons. The average molecular weight is 474 g/mol. The molecule has 0 amide bonds. The van der Waals surface area contributed by atoms with E-state index in [9.17, 15) is 14.4 Å². The number of esters is 3. The van der Waals surface area contributed by atoms with E-state index in [0.29, 0.717) is 0 Å². The third-order valence-corrected chi connectivity index (χ3v) is 6.48. The maximum absolute atomic E-state index is 13.1. The van der Waals surface area contributed by atoms with Gasteiger partial charge in [-0.1, -0.05) is 78.9 Å². The number of nitrogens with one attached hydrogen (secondary N) is 1. The largest absolute Gasteiger partial charge is 0.468 e. The van der Waals surface area contributed by atoms with Crippen LogP contribution in [0.1, 0.15) is 23.1 Å². The van der Waals surface area contributed by atoms with Crippen LogP contribution < -0.4 is 5.32 Å². The van der Waals surface area contributed by atoms with Gasteiger partial charge in [-0.2, -0.15) is 0 Å². The molecule has 3 aromatic rings. The van der Waals surface area contributed by atoms with E-state index in [0.717, 1.165) is 27.8 Å². The molecular formula is C28H27NO6. The van der Waals surface area contributed by atoms with Gasteiger partial charge in [-0.3, -0.25) is 19.7 Å². The van der Waals surface area contributed by atoms with Gasteiger partial charge in [-0.05, 0) is 34.2 Å². The van der Waals surface area contributed by atoms with Crippen LogP contribution in [0.25, 0.3) is 11.1 Å². The van der Waals surface area contributed by atoms with Gasteiger partial charge in [0.05, 0.1) is 26.9 Å².